The topological polar surface area (TPSA) is 49.9 Å². The maximum absolute atomic E-state index is 12.2. The molecule has 1 heterocycles. The molecule has 1 saturated carbocycles. The highest BCUT2D eigenvalue weighted by Gasteiger charge is 2.39. The van der Waals surface area contributed by atoms with Gasteiger partial charge in [0.1, 0.15) is 5.60 Å². The first kappa shape index (κ1) is 15.1. The second kappa shape index (κ2) is 5.62. The van der Waals surface area contributed by atoms with Crippen LogP contribution in [0.4, 0.5) is 4.79 Å². The molecule has 1 aliphatic carbocycles. The van der Waals surface area contributed by atoms with E-state index in [0.717, 1.165) is 19.3 Å². The van der Waals surface area contributed by atoms with Gasteiger partial charge >= 0.3 is 6.09 Å². The van der Waals surface area contributed by atoms with Crippen molar-refractivity contribution in [1.82, 2.24) is 9.80 Å². The molecule has 114 valence electrons. The molecule has 2 fully saturated rings. The predicted octanol–water partition coefficient (Wildman–Crippen LogP) is 2.25. The maximum atomic E-state index is 12.2. The Kier molecular flexibility index (Phi) is 4.25. The van der Waals surface area contributed by atoms with E-state index < -0.39 is 5.60 Å². The normalized spacial score (nSPS) is 23.7. The molecule has 5 heteroatoms. The van der Waals surface area contributed by atoms with Gasteiger partial charge in [-0.1, -0.05) is 6.92 Å². The van der Waals surface area contributed by atoms with Gasteiger partial charge in [0.25, 0.3) is 0 Å². The lowest BCUT2D eigenvalue weighted by Gasteiger charge is -2.41. The highest BCUT2D eigenvalue weighted by atomic mass is 16.6. The van der Waals surface area contributed by atoms with Crippen molar-refractivity contribution in [1.29, 1.82) is 0 Å². The number of carbonyl (C=O) groups excluding carboxylic acids is 2. The summed E-state index contributed by atoms with van der Waals surface area (Å²) in [7, 11) is 0. The Labute approximate surface area is 121 Å². The zero-order chi connectivity index (χ0) is 14.9. The van der Waals surface area contributed by atoms with Crippen molar-refractivity contribution >= 4 is 12.0 Å². The second-order valence-corrected chi connectivity index (χ2v) is 6.79. The number of carbonyl (C=O) groups is 2. The number of nitrogens with zero attached hydrogens (tertiary/aromatic N) is 2. The fourth-order valence-corrected chi connectivity index (χ4v) is 2.55. The molecule has 1 unspecified atom stereocenters. The number of piperazine rings is 1. The molecule has 2 amide bonds. The molecular weight excluding hydrogens is 256 g/mol. The van der Waals surface area contributed by atoms with E-state index in [4.69, 9.17) is 4.74 Å². The molecule has 0 spiro atoms. The summed E-state index contributed by atoms with van der Waals surface area (Å²) in [6.07, 6.45) is 2.66. The van der Waals surface area contributed by atoms with E-state index in [9.17, 15) is 9.59 Å². The van der Waals surface area contributed by atoms with Gasteiger partial charge in [-0.3, -0.25) is 4.79 Å². The fourth-order valence-electron chi connectivity index (χ4n) is 2.55. The minimum atomic E-state index is -0.472. The molecule has 0 radical (unpaired) electrons. The van der Waals surface area contributed by atoms with Crippen molar-refractivity contribution in [2.75, 3.05) is 19.6 Å². The lowest BCUT2D eigenvalue weighted by Crippen LogP contribution is -2.57. The van der Waals surface area contributed by atoms with Gasteiger partial charge in [-0.25, -0.2) is 4.79 Å². The Morgan fingerprint density at radius 3 is 2.35 bits per heavy atom. The third-order valence-corrected chi connectivity index (χ3v) is 3.82. The highest BCUT2D eigenvalue weighted by Crippen LogP contribution is 2.32. The van der Waals surface area contributed by atoms with Crippen LogP contribution in [-0.4, -0.2) is 53.1 Å². The molecule has 2 rings (SSSR count). The van der Waals surface area contributed by atoms with Crippen LogP contribution in [0.3, 0.4) is 0 Å². The summed E-state index contributed by atoms with van der Waals surface area (Å²) in [5, 5.41) is 0. The minimum Gasteiger partial charge on any atom is -0.444 e. The molecule has 1 saturated heterocycles. The van der Waals surface area contributed by atoms with Crippen molar-refractivity contribution in [2.24, 2.45) is 5.92 Å². The molecule has 1 atom stereocenters. The average molecular weight is 282 g/mol. The van der Waals surface area contributed by atoms with Gasteiger partial charge in [-0.15, -0.1) is 0 Å². The van der Waals surface area contributed by atoms with Gasteiger partial charge in [0.15, 0.2) is 0 Å². The molecule has 2 aliphatic rings. The summed E-state index contributed by atoms with van der Waals surface area (Å²) in [4.78, 5) is 28.0. The van der Waals surface area contributed by atoms with Gasteiger partial charge in [0, 0.05) is 31.6 Å². The van der Waals surface area contributed by atoms with Crippen molar-refractivity contribution in [3.05, 3.63) is 0 Å². The van der Waals surface area contributed by atoms with E-state index in [1.54, 1.807) is 4.90 Å². The first-order chi connectivity index (χ1) is 9.31. The Bertz CT molecular complexity index is 385. The summed E-state index contributed by atoms with van der Waals surface area (Å²) < 4.78 is 5.41. The van der Waals surface area contributed by atoms with Crippen LogP contribution in [-0.2, 0) is 9.53 Å². The quantitative estimate of drug-likeness (QED) is 0.780. The summed E-state index contributed by atoms with van der Waals surface area (Å²) in [5.41, 5.74) is -0.472. The first-order valence-corrected chi connectivity index (χ1v) is 7.60. The van der Waals surface area contributed by atoms with Crippen LogP contribution in [0.2, 0.25) is 0 Å². The Hall–Kier alpha value is -1.26. The summed E-state index contributed by atoms with van der Waals surface area (Å²) in [5.74, 6) is 0.526. The first-order valence-electron chi connectivity index (χ1n) is 7.60. The van der Waals surface area contributed by atoms with Crippen LogP contribution in [0.25, 0.3) is 0 Å². The SMILES string of the molecule is CCC1CN(C(=O)OC(C)(C)C)CCN1C(=O)C1CC1. The molecule has 0 aromatic heterocycles. The lowest BCUT2D eigenvalue weighted by molar-refractivity contribution is -0.137. The predicted molar refractivity (Wildman–Crippen MR) is 76.3 cm³/mol. The van der Waals surface area contributed by atoms with Crippen LogP contribution in [0, 0.1) is 5.92 Å². The molecule has 0 N–H and O–H groups in total. The minimum absolute atomic E-state index is 0.129. The number of hydrogen-bond donors (Lipinski definition) is 0. The molecule has 0 aromatic carbocycles. The summed E-state index contributed by atoms with van der Waals surface area (Å²) >= 11 is 0. The van der Waals surface area contributed by atoms with Crippen LogP contribution < -0.4 is 0 Å². The van der Waals surface area contributed by atoms with Crippen LogP contribution in [0.1, 0.15) is 47.0 Å². The van der Waals surface area contributed by atoms with Crippen molar-refractivity contribution in [3.63, 3.8) is 0 Å². The third kappa shape index (κ3) is 3.64. The van der Waals surface area contributed by atoms with E-state index in [2.05, 4.69) is 6.92 Å². The van der Waals surface area contributed by atoms with E-state index in [0.29, 0.717) is 19.6 Å². The fraction of sp³-hybridized carbons (Fsp3) is 0.867. The average Bonchev–Trinajstić information content (AvgIpc) is 3.19. The number of rotatable bonds is 2. The number of amides is 2. The Morgan fingerprint density at radius 1 is 1.20 bits per heavy atom. The standard InChI is InChI=1S/C15H26N2O3/c1-5-12-10-16(14(19)20-15(2,3)4)8-9-17(12)13(18)11-6-7-11/h11-12H,5-10H2,1-4H3. The van der Waals surface area contributed by atoms with Gasteiger partial charge in [0.05, 0.1) is 0 Å². The highest BCUT2D eigenvalue weighted by molar-refractivity contribution is 5.81. The van der Waals surface area contributed by atoms with Crippen LogP contribution in [0.15, 0.2) is 0 Å². The summed E-state index contributed by atoms with van der Waals surface area (Å²) in [6.45, 7) is 9.47. The Morgan fingerprint density at radius 2 is 1.85 bits per heavy atom. The maximum Gasteiger partial charge on any atom is 0.410 e. The van der Waals surface area contributed by atoms with E-state index >= 15 is 0 Å². The number of hydrogen-bond acceptors (Lipinski definition) is 3. The van der Waals surface area contributed by atoms with Crippen molar-refractivity contribution in [2.45, 2.75) is 58.6 Å². The monoisotopic (exact) mass is 282 g/mol. The third-order valence-electron chi connectivity index (χ3n) is 3.82. The van der Waals surface area contributed by atoms with Crippen LogP contribution >= 0.6 is 0 Å². The molecule has 5 nitrogen and oxygen atoms in total. The molecule has 0 aromatic rings. The molecular formula is C15H26N2O3. The van der Waals surface area contributed by atoms with Crippen molar-refractivity contribution in [3.8, 4) is 0 Å². The summed E-state index contributed by atoms with van der Waals surface area (Å²) in [6, 6.07) is 0.129. The van der Waals surface area contributed by atoms with Gasteiger partial charge in [0.2, 0.25) is 5.91 Å². The molecule has 1 aliphatic heterocycles. The van der Waals surface area contributed by atoms with E-state index in [1.165, 1.54) is 0 Å². The smallest absolute Gasteiger partial charge is 0.410 e. The molecule has 20 heavy (non-hydrogen) atoms. The van der Waals surface area contributed by atoms with E-state index in [1.807, 2.05) is 25.7 Å². The van der Waals surface area contributed by atoms with Crippen molar-refractivity contribution < 1.29 is 14.3 Å². The lowest BCUT2D eigenvalue weighted by atomic mass is 10.1. The van der Waals surface area contributed by atoms with Gasteiger partial charge in [-0.2, -0.15) is 0 Å². The number of ether oxygens (including phenoxy) is 1. The van der Waals surface area contributed by atoms with E-state index in [-0.39, 0.29) is 24.0 Å². The second-order valence-electron chi connectivity index (χ2n) is 6.79. The van der Waals surface area contributed by atoms with Gasteiger partial charge in [-0.05, 0) is 40.0 Å². The molecule has 0 bridgehead atoms. The zero-order valence-electron chi connectivity index (χ0n) is 13.0. The zero-order valence-corrected chi connectivity index (χ0v) is 13.0. The van der Waals surface area contributed by atoms with Gasteiger partial charge < -0.3 is 14.5 Å². The largest absolute Gasteiger partial charge is 0.444 e. The Balaban J connectivity index is 1.94. The van der Waals surface area contributed by atoms with Crippen LogP contribution in [0.5, 0.6) is 0 Å².